The summed E-state index contributed by atoms with van der Waals surface area (Å²) in [6.07, 6.45) is 2.30. The summed E-state index contributed by atoms with van der Waals surface area (Å²) in [4.78, 5) is 2.39. The van der Waals surface area contributed by atoms with Crippen molar-refractivity contribution in [3.63, 3.8) is 0 Å². The van der Waals surface area contributed by atoms with Gasteiger partial charge in [0.2, 0.25) is 0 Å². The van der Waals surface area contributed by atoms with E-state index in [2.05, 4.69) is 11.0 Å². The number of methoxy groups -OCH3 is 2. The Kier molecular flexibility index (Phi) is 5.05. The molecule has 1 heterocycles. The van der Waals surface area contributed by atoms with Crippen molar-refractivity contribution >= 4 is 0 Å². The Morgan fingerprint density at radius 2 is 2.05 bits per heavy atom. The topological polar surface area (TPSA) is 41.9 Å². The van der Waals surface area contributed by atoms with Gasteiger partial charge in [-0.3, -0.25) is 4.90 Å². The first kappa shape index (κ1) is 14.2. The number of benzene rings is 1. The molecule has 2 rings (SSSR count). The summed E-state index contributed by atoms with van der Waals surface area (Å²) in [6.45, 7) is 3.27. The monoisotopic (exact) mass is 265 g/mol. The molecule has 1 saturated heterocycles. The number of likely N-dealkylation sites (tertiary alicyclic amines) is 1. The van der Waals surface area contributed by atoms with Crippen LogP contribution in [0, 0.1) is 5.92 Å². The predicted octanol–water partition coefficient (Wildman–Crippen LogP) is 1.91. The van der Waals surface area contributed by atoms with Gasteiger partial charge in [-0.2, -0.15) is 0 Å². The molecule has 0 aliphatic carbocycles. The third-order valence-corrected chi connectivity index (χ3v) is 3.72. The van der Waals surface area contributed by atoms with Crippen molar-refractivity contribution < 1.29 is 14.6 Å². The van der Waals surface area contributed by atoms with Gasteiger partial charge in [-0.15, -0.1) is 0 Å². The van der Waals surface area contributed by atoms with Gasteiger partial charge in [0.25, 0.3) is 0 Å². The summed E-state index contributed by atoms with van der Waals surface area (Å²) in [6, 6.07) is 6.05. The molecule has 0 bridgehead atoms. The van der Waals surface area contributed by atoms with Gasteiger partial charge in [-0.05, 0) is 43.0 Å². The molecule has 0 spiro atoms. The molecule has 0 amide bonds. The largest absolute Gasteiger partial charge is 0.493 e. The number of ether oxygens (including phenoxy) is 2. The van der Waals surface area contributed by atoms with Crippen molar-refractivity contribution in [2.45, 2.75) is 19.4 Å². The van der Waals surface area contributed by atoms with Gasteiger partial charge in [-0.1, -0.05) is 6.07 Å². The second-order valence-electron chi connectivity index (χ2n) is 5.12. The maximum absolute atomic E-state index is 9.26. The fraction of sp³-hybridized carbons (Fsp3) is 0.600. The third-order valence-electron chi connectivity index (χ3n) is 3.72. The number of hydrogen-bond acceptors (Lipinski definition) is 4. The number of piperidine rings is 1. The second kappa shape index (κ2) is 6.78. The Labute approximate surface area is 114 Å². The molecule has 4 nitrogen and oxygen atoms in total. The predicted molar refractivity (Wildman–Crippen MR) is 74.6 cm³/mol. The molecular weight excluding hydrogens is 242 g/mol. The van der Waals surface area contributed by atoms with Crippen LogP contribution in [-0.4, -0.2) is 43.9 Å². The number of aliphatic hydroxyl groups is 1. The van der Waals surface area contributed by atoms with Crippen molar-refractivity contribution in [3.05, 3.63) is 23.8 Å². The van der Waals surface area contributed by atoms with Gasteiger partial charge < -0.3 is 14.6 Å². The molecule has 0 radical (unpaired) electrons. The minimum atomic E-state index is 0.294. The SMILES string of the molecule is COc1ccc(CN2CCC[C@@H](CO)C2)cc1OC. The Balaban J connectivity index is 2.02. The minimum absolute atomic E-state index is 0.294. The minimum Gasteiger partial charge on any atom is -0.493 e. The van der Waals surface area contributed by atoms with Crippen LogP contribution in [0.3, 0.4) is 0 Å². The van der Waals surface area contributed by atoms with E-state index in [1.54, 1.807) is 14.2 Å². The molecule has 1 aromatic rings. The van der Waals surface area contributed by atoms with Crippen LogP contribution in [0.5, 0.6) is 11.5 Å². The molecule has 106 valence electrons. The standard InChI is InChI=1S/C15H23NO3/c1-18-14-6-5-12(8-15(14)19-2)9-16-7-3-4-13(10-16)11-17/h5-6,8,13,17H,3-4,7,9-11H2,1-2H3/t13-/m1/s1. The van der Waals surface area contributed by atoms with Gasteiger partial charge in [0.05, 0.1) is 14.2 Å². The zero-order chi connectivity index (χ0) is 13.7. The highest BCUT2D eigenvalue weighted by Crippen LogP contribution is 2.28. The summed E-state index contributed by atoms with van der Waals surface area (Å²) in [5.74, 6) is 1.96. The lowest BCUT2D eigenvalue weighted by Crippen LogP contribution is -2.36. The van der Waals surface area contributed by atoms with E-state index in [1.165, 1.54) is 12.0 Å². The summed E-state index contributed by atoms with van der Waals surface area (Å²) < 4.78 is 10.6. The van der Waals surface area contributed by atoms with Crippen LogP contribution in [-0.2, 0) is 6.54 Å². The van der Waals surface area contributed by atoms with Crippen molar-refractivity contribution in [2.24, 2.45) is 5.92 Å². The van der Waals surface area contributed by atoms with E-state index in [0.717, 1.165) is 37.6 Å². The van der Waals surface area contributed by atoms with Gasteiger partial charge in [0.1, 0.15) is 0 Å². The molecular formula is C15H23NO3. The highest BCUT2D eigenvalue weighted by molar-refractivity contribution is 5.42. The molecule has 1 aliphatic rings. The molecule has 1 aromatic carbocycles. The van der Waals surface area contributed by atoms with E-state index >= 15 is 0 Å². The van der Waals surface area contributed by atoms with E-state index in [1.807, 2.05) is 12.1 Å². The fourth-order valence-corrected chi connectivity index (χ4v) is 2.68. The zero-order valence-electron chi connectivity index (χ0n) is 11.8. The summed E-state index contributed by atoms with van der Waals surface area (Å²) in [5, 5.41) is 9.26. The third kappa shape index (κ3) is 3.61. The van der Waals surface area contributed by atoms with Crippen LogP contribution in [0.25, 0.3) is 0 Å². The summed E-state index contributed by atoms with van der Waals surface area (Å²) in [7, 11) is 3.30. The van der Waals surface area contributed by atoms with E-state index < -0.39 is 0 Å². The molecule has 1 fully saturated rings. The second-order valence-corrected chi connectivity index (χ2v) is 5.12. The van der Waals surface area contributed by atoms with Gasteiger partial charge in [0, 0.05) is 19.7 Å². The normalized spacial score (nSPS) is 20.3. The molecule has 0 unspecified atom stereocenters. The van der Waals surface area contributed by atoms with Crippen LogP contribution < -0.4 is 9.47 Å². The first-order valence-corrected chi connectivity index (χ1v) is 6.81. The fourth-order valence-electron chi connectivity index (χ4n) is 2.68. The van der Waals surface area contributed by atoms with Crippen LogP contribution in [0.1, 0.15) is 18.4 Å². The lowest BCUT2D eigenvalue weighted by molar-refractivity contribution is 0.116. The molecule has 0 saturated carbocycles. The van der Waals surface area contributed by atoms with Gasteiger partial charge in [0.15, 0.2) is 11.5 Å². The van der Waals surface area contributed by atoms with E-state index in [0.29, 0.717) is 12.5 Å². The van der Waals surface area contributed by atoms with Crippen LogP contribution in [0.2, 0.25) is 0 Å². The highest BCUT2D eigenvalue weighted by atomic mass is 16.5. The maximum atomic E-state index is 9.26. The van der Waals surface area contributed by atoms with Crippen LogP contribution >= 0.6 is 0 Å². The lowest BCUT2D eigenvalue weighted by atomic mass is 9.98. The van der Waals surface area contributed by atoms with Crippen molar-refractivity contribution in [1.82, 2.24) is 4.90 Å². The summed E-state index contributed by atoms with van der Waals surface area (Å²) >= 11 is 0. The zero-order valence-corrected chi connectivity index (χ0v) is 11.8. The number of rotatable bonds is 5. The van der Waals surface area contributed by atoms with Crippen LogP contribution in [0.4, 0.5) is 0 Å². The quantitative estimate of drug-likeness (QED) is 0.883. The highest BCUT2D eigenvalue weighted by Gasteiger charge is 2.19. The Morgan fingerprint density at radius 1 is 1.26 bits per heavy atom. The molecule has 1 N–H and O–H groups in total. The van der Waals surface area contributed by atoms with Gasteiger partial charge >= 0.3 is 0 Å². The average Bonchev–Trinajstić information content (AvgIpc) is 2.47. The van der Waals surface area contributed by atoms with Crippen molar-refractivity contribution in [2.75, 3.05) is 33.9 Å². The molecule has 1 aliphatic heterocycles. The van der Waals surface area contributed by atoms with Crippen molar-refractivity contribution in [1.29, 1.82) is 0 Å². The summed E-state index contributed by atoms with van der Waals surface area (Å²) in [5.41, 5.74) is 1.22. The molecule has 1 atom stereocenters. The number of hydrogen-bond donors (Lipinski definition) is 1. The van der Waals surface area contributed by atoms with Crippen molar-refractivity contribution in [3.8, 4) is 11.5 Å². The van der Waals surface area contributed by atoms with E-state index in [9.17, 15) is 5.11 Å². The molecule has 4 heteroatoms. The van der Waals surface area contributed by atoms with Crippen LogP contribution in [0.15, 0.2) is 18.2 Å². The number of aliphatic hydroxyl groups excluding tert-OH is 1. The first-order chi connectivity index (χ1) is 9.26. The van der Waals surface area contributed by atoms with Gasteiger partial charge in [-0.25, -0.2) is 0 Å². The van der Waals surface area contributed by atoms with E-state index in [4.69, 9.17) is 9.47 Å². The molecule has 19 heavy (non-hydrogen) atoms. The average molecular weight is 265 g/mol. The lowest BCUT2D eigenvalue weighted by Gasteiger charge is -2.31. The molecule has 0 aromatic heterocycles. The Hall–Kier alpha value is -1.26. The number of nitrogens with zero attached hydrogens (tertiary/aromatic N) is 1. The maximum Gasteiger partial charge on any atom is 0.161 e. The van der Waals surface area contributed by atoms with E-state index in [-0.39, 0.29) is 0 Å². The smallest absolute Gasteiger partial charge is 0.161 e. The Morgan fingerprint density at radius 3 is 2.74 bits per heavy atom. The Bertz CT molecular complexity index is 408. The first-order valence-electron chi connectivity index (χ1n) is 6.81.